The third kappa shape index (κ3) is 4.42. The highest BCUT2D eigenvalue weighted by Crippen LogP contribution is 2.19. The second-order valence-corrected chi connectivity index (χ2v) is 6.99. The number of carbonyl (C=O) groups excluding carboxylic acids is 1. The maximum Gasteiger partial charge on any atom is 0.252 e. The van der Waals surface area contributed by atoms with E-state index < -0.39 is 5.82 Å². The minimum atomic E-state index is -0.402. The maximum absolute atomic E-state index is 13.3. The third-order valence-electron chi connectivity index (χ3n) is 4.34. The van der Waals surface area contributed by atoms with Gasteiger partial charge in [0.2, 0.25) is 0 Å². The van der Waals surface area contributed by atoms with E-state index in [1.807, 2.05) is 6.07 Å². The Bertz CT molecular complexity index is 700. The Hall–Kier alpha value is -1.72. The zero-order chi connectivity index (χ0) is 16.9. The maximum atomic E-state index is 13.3. The Labute approximate surface area is 150 Å². The zero-order valence-corrected chi connectivity index (χ0v) is 14.9. The smallest absolute Gasteiger partial charge is 0.252 e. The lowest BCUT2D eigenvalue weighted by molar-refractivity contribution is 0.0907. The van der Waals surface area contributed by atoms with E-state index in [0.717, 1.165) is 32.5 Å². The molecule has 24 heavy (non-hydrogen) atoms. The molecule has 0 aliphatic carbocycles. The Balaban J connectivity index is 1.52. The van der Waals surface area contributed by atoms with E-state index in [1.165, 1.54) is 17.7 Å². The minimum absolute atomic E-state index is 0.139. The van der Waals surface area contributed by atoms with Crippen LogP contribution in [-0.4, -0.2) is 29.9 Å². The first-order chi connectivity index (χ1) is 11.6. The molecule has 1 aliphatic rings. The van der Waals surface area contributed by atoms with Crippen molar-refractivity contribution in [1.82, 2.24) is 10.2 Å². The molecule has 1 aliphatic heterocycles. The van der Waals surface area contributed by atoms with Gasteiger partial charge in [-0.1, -0.05) is 30.3 Å². The van der Waals surface area contributed by atoms with Crippen LogP contribution in [0.1, 0.15) is 28.8 Å². The van der Waals surface area contributed by atoms with Gasteiger partial charge in [0.1, 0.15) is 5.82 Å². The summed E-state index contributed by atoms with van der Waals surface area (Å²) in [5.74, 6) is -0.621. The van der Waals surface area contributed by atoms with Crippen LogP contribution in [0.5, 0.6) is 0 Å². The standard InChI is InChI=1S/C19H20BrFN2O/c20-18-7-6-15(21)12-17(18)19(24)22-16-8-10-23(11-9-16)13-14-4-2-1-3-5-14/h1-7,12,16H,8-11,13H2,(H,22,24). The van der Waals surface area contributed by atoms with Crippen molar-refractivity contribution in [2.24, 2.45) is 0 Å². The lowest BCUT2D eigenvalue weighted by Crippen LogP contribution is -2.44. The van der Waals surface area contributed by atoms with Crippen molar-refractivity contribution < 1.29 is 9.18 Å². The fourth-order valence-electron chi connectivity index (χ4n) is 3.01. The van der Waals surface area contributed by atoms with Crippen LogP contribution >= 0.6 is 15.9 Å². The molecular weight excluding hydrogens is 371 g/mol. The number of halogens is 2. The number of benzene rings is 2. The fourth-order valence-corrected chi connectivity index (χ4v) is 3.44. The van der Waals surface area contributed by atoms with Crippen LogP contribution < -0.4 is 5.32 Å². The van der Waals surface area contributed by atoms with Gasteiger partial charge in [0.05, 0.1) is 5.56 Å². The third-order valence-corrected chi connectivity index (χ3v) is 5.04. The van der Waals surface area contributed by atoms with Crippen molar-refractivity contribution in [3.05, 3.63) is 69.9 Å². The molecule has 1 amide bonds. The first kappa shape index (κ1) is 17.1. The number of carbonyl (C=O) groups is 1. The number of hydrogen-bond acceptors (Lipinski definition) is 2. The van der Waals surface area contributed by atoms with Gasteiger partial charge in [-0.15, -0.1) is 0 Å². The minimum Gasteiger partial charge on any atom is -0.349 e. The molecule has 2 aromatic carbocycles. The molecule has 0 radical (unpaired) electrons. The number of nitrogens with one attached hydrogen (secondary N) is 1. The second-order valence-electron chi connectivity index (χ2n) is 6.13. The summed E-state index contributed by atoms with van der Waals surface area (Å²) in [6, 6.07) is 14.7. The summed E-state index contributed by atoms with van der Waals surface area (Å²) in [5.41, 5.74) is 1.66. The Morgan fingerprint density at radius 2 is 1.88 bits per heavy atom. The number of piperidine rings is 1. The highest BCUT2D eigenvalue weighted by molar-refractivity contribution is 9.10. The predicted molar refractivity (Wildman–Crippen MR) is 96.3 cm³/mol. The largest absolute Gasteiger partial charge is 0.349 e. The van der Waals surface area contributed by atoms with Crippen LogP contribution in [0.2, 0.25) is 0 Å². The molecule has 1 N–H and O–H groups in total. The Kier molecular flexibility index (Phi) is 5.63. The van der Waals surface area contributed by atoms with Crippen molar-refractivity contribution in [2.45, 2.75) is 25.4 Å². The van der Waals surface area contributed by atoms with E-state index in [2.05, 4.69) is 50.4 Å². The quantitative estimate of drug-likeness (QED) is 0.855. The van der Waals surface area contributed by atoms with E-state index in [9.17, 15) is 9.18 Å². The molecule has 1 heterocycles. The molecule has 0 bridgehead atoms. The van der Waals surface area contributed by atoms with Gasteiger partial charge < -0.3 is 5.32 Å². The highest BCUT2D eigenvalue weighted by atomic mass is 79.9. The van der Waals surface area contributed by atoms with Crippen molar-refractivity contribution in [3.63, 3.8) is 0 Å². The first-order valence-corrected chi connectivity index (χ1v) is 8.93. The molecule has 0 saturated carbocycles. The average Bonchev–Trinajstić information content (AvgIpc) is 2.59. The molecule has 0 unspecified atom stereocenters. The molecular formula is C19H20BrFN2O. The summed E-state index contributed by atoms with van der Waals surface area (Å²) < 4.78 is 14.0. The van der Waals surface area contributed by atoms with Crippen molar-refractivity contribution in [1.29, 1.82) is 0 Å². The van der Waals surface area contributed by atoms with Gasteiger partial charge in [-0.3, -0.25) is 9.69 Å². The average molecular weight is 391 g/mol. The molecule has 0 atom stereocenters. The Morgan fingerprint density at radius 1 is 1.17 bits per heavy atom. The fraction of sp³-hybridized carbons (Fsp3) is 0.316. The van der Waals surface area contributed by atoms with Gasteiger partial charge in [0, 0.05) is 30.1 Å². The normalized spacial score (nSPS) is 16.1. The molecule has 0 spiro atoms. The van der Waals surface area contributed by atoms with Crippen LogP contribution in [-0.2, 0) is 6.54 Å². The van der Waals surface area contributed by atoms with Crippen molar-refractivity contribution >= 4 is 21.8 Å². The number of hydrogen-bond donors (Lipinski definition) is 1. The molecule has 3 rings (SSSR count). The Morgan fingerprint density at radius 3 is 2.58 bits per heavy atom. The van der Waals surface area contributed by atoms with Crippen LogP contribution in [0.25, 0.3) is 0 Å². The van der Waals surface area contributed by atoms with E-state index in [0.29, 0.717) is 10.0 Å². The molecule has 0 aromatic heterocycles. The van der Waals surface area contributed by atoms with Gasteiger partial charge in [0.25, 0.3) is 5.91 Å². The number of nitrogens with zero attached hydrogens (tertiary/aromatic N) is 1. The number of amides is 1. The molecule has 2 aromatic rings. The number of rotatable bonds is 4. The summed E-state index contributed by atoms with van der Waals surface area (Å²) >= 11 is 3.31. The summed E-state index contributed by atoms with van der Waals surface area (Å²) in [4.78, 5) is 14.7. The molecule has 1 fully saturated rings. The van der Waals surface area contributed by atoms with Crippen molar-refractivity contribution in [3.8, 4) is 0 Å². The van der Waals surface area contributed by atoms with Crippen LogP contribution in [0, 0.1) is 5.82 Å². The van der Waals surface area contributed by atoms with E-state index >= 15 is 0 Å². The molecule has 3 nitrogen and oxygen atoms in total. The topological polar surface area (TPSA) is 32.3 Å². The van der Waals surface area contributed by atoms with Crippen LogP contribution in [0.4, 0.5) is 4.39 Å². The van der Waals surface area contributed by atoms with E-state index in [4.69, 9.17) is 0 Å². The highest BCUT2D eigenvalue weighted by Gasteiger charge is 2.22. The second kappa shape index (κ2) is 7.90. The van der Waals surface area contributed by atoms with E-state index in [1.54, 1.807) is 6.07 Å². The van der Waals surface area contributed by atoms with Crippen LogP contribution in [0.15, 0.2) is 53.0 Å². The SMILES string of the molecule is O=C(NC1CCN(Cc2ccccc2)CC1)c1cc(F)ccc1Br. The van der Waals surface area contributed by atoms with Gasteiger partial charge in [-0.2, -0.15) is 0 Å². The zero-order valence-electron chi connectivity index (χ0n) is 13.3. The van der Waals surface area contributed by atoms with Gasteiger partial charge in [0.15, 0.2) is 0 Å². The molecule has 5 heteroatoms. The van der Waals surface area contributed by atoms with Gasteiger partial charge in [-0.25, -0.2) is 4.39 Å². The summed E-state index contributed by atoms with van der Waals surface area (Å²) in [6.45, 7) is 2.84. The summed E-state index contributed by atoms with van der Waals surface area (Å²) in [6.07, 6.45) is 1.82. The lowest BCUT2D eigenvalue weighted by atomic mass is 10.0. The summed E-state index contributed by atoms with van der Waals surface area (Å²) in [7, 11) is 0. The van der Waals surface area contributed by atoms with Gasteiger partial charge >= 0.3 is 0 Å². The number of likely N-dealkylation sites (tertiary alicyclic amines) is 1. The van der Waals surface area contributed by atoms with Crippen molar-refractivity contribution in [2.75, 3.05) is 13.1 Å². The molecule has 1 saturated heterocycles. The summed E-state index contributed by atoms with van der Waals surface area (Å²) in [5, 5.41) is 3.03. The van der Waals surface area contributed by atoms with Crippen LogP contribution in [0.3, 0.4) is 0 Å². The first-order valence-electron chi connectivity index (χ1n) is 8.14. The lowest BCUT2D eigenvalue weighted by Gasteiger charge is -2.32. The van der Waals surface area contributed by atoms with Gasteiger partial charge in [-0.05, 0) is 52.5 Å². The molecule has 126 valence electrons. The predicted octanol–water partition coefficient (Wildman–Crippen LogP) is 3.98. The monoisotopic (exact) mass is 390 g/mol. The van der Waals surface area contributed by atoms with E-state index in [-0.39, 0.29) is 11.9 Å².